The third-order valence-electron chi connectivity index (χ3n) is 3.78. The van der Waals surface area contributed by atoms with Gasteiger partial charge in [-0.25, -0.2) is 4.18 Å². The van der Waals surface area contributed by atoms with Crippen molar-refractivity contribution in [1.82, 2.24) is 0 Å². The van der Waals surface area contributed by atoms with Crippen molar-refractivity contribution in [3.63, 3.8) is 0 Å². The molecule has 0 radical (unpaired) electrons. The molecular weight excluding hydrogens is 328 g/mol. The van der Waals surface area contributed by atoms with Gasteiger partial charge in [-0.05, 0) is 5.56 Å². The molecule has 3 rings (SSSR count). The maximum Gasteiger partial charge on any atom is 0.267 e. The monoisotopic (exact) mass is 346 g/mol. The van der Waals surface area contributed by atoms with Gasteiger partial charge < -0.3 is 24.4 Å². The second kappa shape index (κ2) is 5.78. The highest BCUT2D eigenvalue weighted by Gasteiger charge is 2.71. The predicted molar refractivity (Wildman–Crippen MR) is 76.5 cm³/mol. The van der Waals surface area contributed by atoms with Gasteiger partial charge in [0.2, 0.25) is 0 Å². The third kappa shape index (κ3) is 3.01. The summed E-state index contributed by atoms with van der Waals surface area (Å²) in [4.78, 5) is 0. The van der Waals surface area contributed by atoms with Crippen molar-refractivity contribution < 1.29 is 37.0 Å². The summed E-state index contributed by atoms with van der Waals surface area (Å²) in [5.74, 6) is -4.30. The molecule has 1 aromatic rings. The number of fused-ring (bicyclic) bond motifs is 1. The predicted octanol–water partition coefficient (Wildman–Crippen LogP) is -0.646. The Bertz CT molecular complexity index is 663. The maximum atomic E-state index is 11.5. The van der Waals surface area contributed by atoms with Crippen molar-refractivity contribution in [2.45, 2.75) is 30.4 Å². The molecule has 2 aliphatic heterocycles. The van der Waals surface area contributed by atoms with Crippen LogP contribution in [-0.4, -0.2) is 61.9 Å². The Kier molecular flexibility index (Phi) is 4.21. The summed E-state index contributed by atoms with van der Waals surface area (Å²) in [6, 6.07) is 9.04. The lowest BCUT2D eigenvalue weighted by Gasteiger charge is -2.37. The van der Waals surface area contributed by atoms with E-state index in [0.29, 0.717) is 0 Å². The van der Waals surface area contributed by atoms with Crippen molar-refractivity contribution in [3.8, 4) is 0 Å². The Morgan fingerprint density at radius 1 is 1.35 bits per heavy atom. The van der Waals surface area contributed by atoms with Crippen molar-refractivity contribution in [2.24, 2.45) is 0 Å². The van der Waals surface area contributed by atoms with Crippen LogP contribution in [0.1, 0.15) is 5.56 Å². The van der Waals surface area contributed by atoms with Crippen LogP contribution in [0.15, 0.2) is 30.3 Å². The molecule has 0 saturated carbocycles. The van der Waals surface area contributed by atoms with E-state index >= 15 is 0 Å². The molecule has 0 aromatic heterocycles. The number of aliphatic hydroxyl groups excluding tert-OH is 1. The lowest BCUT2D eigenvalue weighted by Crippen LogP contribution is -2.60. The van der Waals surface area contributed by atoms with Crippen molar-refractivity contribution in [3.05, 3.63) is 35.9 Å². The molecule has 9 heteroatoms. The van der Waals surface area contributed by atoms with E-state index in [1.807, 2.05) is 18.2 Å². The largest absolute Gasteiger partial charge is 0.388 e. The normalized spacial score (nSPS) is 37.0. The molecule has 0 amide bonds. The van der Waals surface area contributed by atoms with Crippen molar-refractivity contribution in [2.75, 3.05) is 19.5 Å². The number of hydrogen-bond acceptors (Lipinski definition) is 8. The summed E-state index contributed by atoms with van der Waals surface area (Å²) in [6.45, 7) is -0.658. The highest BCUT2D eigenvalue weighted by molar-refractivity contribution is 7.86. The van der Waals surface area contributed by atoms with E-state index in [9.17, 15) is 18.6 Å². The highest BCUT2D eigenvalue weighted by atomic mass is 32.2. The fourth-order valence-corrected chi connectivity index (χ4v) is 3.49. The Morgan fingerprint density at radius 3 is 2.70 bits per heavy atom. The van der Waals surface area contributed by atoms with Crippen LogP contribution in [0, 0.1) is 0 Å². The standard InChI is InChI=1S/C14H18O8S/c1-23(17,18)22-13(16)9-19-12-11(15)8-21-14(12,13)20-7-10-5-3-2-4-6-10/h2-6,11-12,15-16H,7-9H2,1H3/t11-,12-,13+,14+/m1/s1. The van der Waals surface area contributed by atoms with Crippen LogP contribution in [0.4, 0.5) is 0 Å². The van der Waals surface area contributed by atoms with Gasteiger partial charge in [0.15, 0.2) is 0 Å². The van der Waals surface area contributed by atoms with Gasteiger partial charge in [0.1, 0.15) is 18.8 Å². The highest BCUT2D eigenvalue weighted by Crippen LogP contribution is 2.46. The van der Waals surface area contributed by atoms with E-state index in [1.165, 1.54) is 0 Å². The first-order chi connectivity index (χ1) is 10.8. The molecule has 0 spiro atoms. The van der Waals surface area contributed by atoms with E-state index in [-0.39, 0.29) is 13.2 Å². The molecule has 2 N–H and O–H groups in total. The molecule has 128 valence electrons. The molecule has 0 aliphatic carbocycles. The number of rotatable bonds is 5. The summed E-state index contributed by atoms with van der Waals surface area (Å²) < 4.78 is 44.1. The van der Waals surface area contributed by atoms with Gasteiger partial charge >= 0.3 is 0 Å². The topological polar surface area (TPSA) is 112 Å². The zero-order valence-electron chi connectivity index (χ0n) is 12.4. The van der Waals surface area contributed by atoms with Gasteiger partial charge in [0.25, 0.3) is 21.7 Å². The zero-order valence-corrected chi connectivity index (χ0v) is 13.2. The quantitative estimate of drug-likeness (QED) is 0.535. The first kappa shape index (κ1) is 16.8. The van der Waals surface area contributed by atoms with Gasteiger partial charge in [-0.1, -0.05) is 30.3 Å². The first-order valence-corrected chi connectivity index (χ1v) is 8.82. The van der Waals surface area contributed by atoms with Gasteiger partial charge in [0.05, 0.1) is 19.5 Å². The number of benzene rings is 1. The molecule has 8 nitrogen and oxygen atoms in total. The molecule has 2 aliphatic rings. The number of aliphatic hydroxyl groups is 2. The van der Waals surface area contributed by atoms with Crippen LogP contribution >= 0.6 is 0 Å². The van der Waals surface area contributed by atoms with Crippen LogP contribution in [0.25, 0.3) is 0 Å². The van der Waals surface area contributed by atoms with Crippen LogP contribution < -0.4 is 0 Å². The minimum Gasteiger partial charge on any atom is -0.388 e. The molecule has 4 atom stereocenters. The van der Waals surface area contributed by atoms with Crippen LogP contribution in [0.5, 0.6) is 0 Å². The second-order valence-corrected chi connectivity index (χ2v) is 7.20. The SMILES string of the molecule is CS(=O)(=O)O[C@@]1(O)CO[C@@H]2[C@H](O)CO[C@@]21OCc1ccccc1. The molecule has 2 fully saturated rings. The lowest BCUT2D eigenvalue weighted by atomic mass is 10.0. The fraction of sp³-hybridized carbons (Fsp3) is 0.571. The molecule has 0 unspecified atom stereocenters. The Balaban J connectivity index is 1.89. The fourth-order valence-electron chi connectivity index (χ4n) is 2.83. The second-order valence-electron chi connectivity index (χ2n) is 5.62. The summed E-state index contributed by atoms with van der Waals surface area (Å²) >= 11 is 0. The van der Waals surface area contributed by atoms with E-state index in [0.717, 1.165) is 11.8 Å². The summed E-state index contributed by atoms with van der Waals surface area (Å²) in [7, 11) is -4.01. The number of ether oxygens (including phenoxy) is 3. The van der Waals surface area contributed by atoms with Crippen LogP contribution in [0.3, 0.4) is 0 Å². The summed E-state index contributed by atoms with van der Waals surface area (Å²) in [6.07, 6.45) is -1.32. The Morgan fingerprint density at radius 2 is 2.04 bits per heavy atom. The van der Waals surface area contributed by atoms with Crippen molar-refractivity contribution >= 4 is 10.1 Å². The van der Waals surface area contributed by atoms with Gasteiger partial charge in [-0.2, -0.15) is 8.42 Å². The maximum absolute atomic E-state index is 11.5. The Hall–Kier alpha value is -1.07. The molecular formula is C14H18O8S. The van der Waals surface area contributed by atoms with E-state index in [1.54, 1.807) is 12.1 Å². The number of hydrogen-bond donors (Lipinski definition) is 2. The molecule has 0 bridgehead atoms. The average Bonchev–Trinajstić information content (AvgIpc) is 2.94. The van der Waals surface area contributed by atoms with Gasteiger partial charge in [-0.15, -0.1) is 0 Å². The first-order valence-electron chi connectivity index (χ1n) is 7.00. The molecule has 23 heavy (non-hydrogen) atoms. The van der Waals surface area contributed by atoms with Gasteiger partial charge in [0, 0.05) is 0 Å². The lowest BCUT2D eigenvalue weighted by molar-refractivity contribution is -0.347. The van der Waals surface area contributed by atoms with E-state index in [2.05, 4.69) is 0 Å². The third-order valence-corrected chi connectivity index (χ3v) is 4.36. The Labute approximate surface area is 133 Å². The smallest absolute Gasteiger partial charge is 0.267 e. The van der Waals surface area contributed by atoms with Crippen LogP contribution in [0.2, 0.25) is 0 Å². The minimum absolute atomic E-state index is 0.0167. The van der Waals surface area contributed by atoms with E-state index < -0.39 is 40.5 Å². The minimum atomic E-state index is -4.01. The zero-order chi connectivity index (χ0) is 16.7. The van der Waals surface area contributed by atoms with Gasteiger partial charge in [-0.3, -0.25) is 0 Å². The molecule has 2 saturated heterocycles. The van der Waals surface area contributed by atoms with E-state index in [4.69, 9.17) is 18.4 Å². The summed E-state index contributed by atoms with van der Waals surface area (Å²) in [5.41, 5.74) is 0.777. The summed E-state index contributed by atoms with van der Waals surface area (Å²) in [5, 5.41) is 20.6. The molecule has 1 aromatic carbocycles. The van der Waals surface area contributed by atoms with Crippen molar-refractivity contribution in [1.29, 1.82) is 0 Å². The average molecular weight is 346 g/mol. The molecule has 2 heterocycles. The van der Waals surface area contributed by atoms with Crippen LogP contribution in [-0.2, 0) is 35.1 Å².